The number of carboxylic acids is 1. The SMILES string of the molecule is Cc1oc(-c2ccccc2)nc1CCOc1ccc(C[C@@H]2C[C@H](C(=O)O)CN2c2nccc(C(F)(F)F)n2)cc1.Cc1oc(-c2ccccc2)nc1CCOc1ccc(C[C@@H]2C[C@H](C)CN2)cc1. The first-order valence-corrected chi connectivity index (χ1v) is 22.9. The van der Waals surface area contributed by atoms with E-state index in [1.165, 1.54) is 12.0 Å². The molecule has 0 amide bonds. The third-order valence-electron chi connectivity index (χ3n) is 12.2. The third-order valence-corrected chi connectivity index (χ3v) is 12.2. The summed E-state index contributed by atoms with van der Waals surface area (Å²) in [5.74, 6) is 3.33. The normalized spacial score (nSPS) is 18.0. The molecule has 0 bridgehead atoms. The van der Waals surface area contributed by atoms with Crippen LogP contribution < -0.4 is 19.7 Å². The number of carboxylic acid groups (broad SMARTS) is 1. The van der Waals surface area contributed by atoms with E-state index >= 15 is 0 Å². The van der Waals surface area contributed by atoms with Gasteiger partial charge >= 0.3 is 12.1 Å². The number of oxazole rings is 2. The van der Waals surface area contributed by atoms with Crippen molar-refractivity contribution < 1.29 is 41.4 Å². The summed E-state index contributed by atoms with van der Waals surface area (Å²) >= 11 is 0. The molecule has 0 spiro atoms. The van der Waals surface area contributed by atoms with Gasteiger partial charge in [0.05, 0.1) is 30.5 Å². The lowest BCUT2D eigenvalue weighted by Crippen LogP contribution is -2.33. The average Bonchev–Trinajstić information content (AvgIpc) is 4.15. The van der Waals surface area contributed by atoms with Crippen molar-refractivity contribution in [2.75, 3.05) is 31.2 Å². The highest BCUT2D eigenvalue weighted by molar-refractivity contribution is 5.72. The highest BCUT2D eigenvalue weighted by Crippen LogP contribution is 2.33. The third kappa shape index (κ3) is 12.5. The molecule has 354 valence electrons. The maximum absolute atomic E-state index is 13.2. The molecule has 68 heavy (non-hydrogen) atoms. The number of ether oxygens (including phenoxy) is 2. The van der Waals surface area contributed by atoms with Crippen molar-refractivity contribution in [1.82, 2.24) is 25.3 Å². The van der Waals surface area contributed by atoms with Gasteiger partial charge in [-0.25, -0.2) is 19.9 Å². The number of hydrogen-bond acceptors (Lipinski definition) is 11. The Morgan fingerprint density at radius 1 is 0.735 bits per heavy atom. The lowest BCUT2D eigenvalue weighted by Gasteiger charge is -2.25. The van der Waals surface area contributed by atoms with Crippen molar-refractivity contribution in [1.29, 1.82) is 0 Å². The van der Waals surface area contributed by atoms with Gasteiger partial charge in [-0.2, -0.15) is 13.2 Å². The van der Waals surface area contributed by atoms with E-state index in [4.69, 9.17) is 18.3 Å². The minimum absolute atomic E-state index is 0.0377. The minimum Gasteiger partial charge on any atom is -0.493 e. The molecule has 2 fully saturated rings. The van der Waals surface area contributed by atoms with Gasteiger partial charge in [-0.05, 0) is 118 Å². The van der Waals surface area contributed by atoms with E-state index in [0.717, 1.165) is 82.9 Å². The Bertz CT molecular complexity index is 2710. The van der Waals surface area contributed by atoms with E-state index in [-0.39, 0.29) is 25.0 Å². The molecule has 2 aliphatic rings. The number of anilines is 1. The second kappa shape index (κ2) is 21.7. The second-order valence-corrected chi connectivity index (χ2v) is 17.4. The molecule has 5 heterocycles. The predicted octanol–water partition coefficient (Wildman–Crippen LogP) is 10.4. The van der Waals surface area contributed by atoms with Gasteiger partial charge in [-0.1, -0.05) is 67.6 Å². The minimum atomic E-state index is -4.62. The van der Waals surface area contributed by atoms with E-state index in [9.17, 15) is 23.1 Å². The van der Waals surface area contributed by atoms with Crippen LogP contribution >= 0.6 is 0 Å². The van der Waals surface area contributed by atoms with Crippen LogP contribution in [0.4, 0.5) is 19.1 Å². The monoisotopic (exact) mass is 928 g/mol. The molecular weight excluding hydrogens is 874 g/mol. The van der Waals surface area contributed by atoms with E-state index in [0.29, 0.717) is 49.6 Å². The summed E-state index contributed by atoms with van der Waals surface area (Å²) in [5.41, 5.74) is 4.87. The van der Waals surface area contributed by atoms with Gasteiger partial charge in [0.1, 0.15) is 28.7 Å². The smallest absolute Gasteiger partial charge is 0.433 e. The van der Waals surface area contributed by atoms with E-state index in [2.05, 4.69) is 56.4 Å². The summed E-state index contributed by atoms with van der Waals surface area (Å²) in [7, 11) is 0. The number of hydrogen-bond donors (Lipinski definition) is 2. The van der Waals surface area contributed by atoms with Crippen LogP contribution in [0.2, 0.25) is 0 Å². The van der Waals surface area contributed by atoms with Gasteiger partial charge in [0.25, 0.3) is 0 Å². The quantitative estimate of drug-likeness (QED) is 0.0950. The van der Waals surface area contributed by atoms with Crippen LogP contribution in [0.25, 0.3) is 22.9 Å². The summed E-state index contributed by atoms with van der Waals surface area (Å²) in [6.45, 7) is 8.29. The number of halogens is 3. The van der Waals surface area contributed by atoms with Crippen LogP contribution in [-0.4, -0.2) is 69.4 Å². The fourth-order valence-corrected chi connectivity index (χ4v) is 8.61. The topological polar surface area (TPSA) is 149 Å². The molecular formula is C53H55F3N6O6. The number of aromatic nitrogens is 4. The van der Waals surface area contributed by atoms with E-state index in [1.54, 1.807) is 4.90 Å². The number of alkyl halides is 3. The molecule has 9 rings (SSSR count). The van der Waals surface area contributed by atoms with Crippen LogP contribution in [0.3, 0.4) is 0 Å². The van der Waals surface area contributed by atoms with Crippen molar-refractivity contribution in [3.8, 4) is 34.4 Å². The first kappa shape index (κ1) is 47.5. The molecule has 0 radical (unpaired) electrons. The lowest BCUT2D eigenvalue weighted by molar-refractivity contribution is -0.142. The molecule has 0 aliphatic carbocycles. The average molecular weight is 929 g/mol. The van der Waals surface area contributed by atoms with Crippen LogP contribution in [0, 0.1) is 25.7 Å². The highest BCUT2D eigenvalue weighted by Gasteiger charge is 2.39. The summed E-state index contributed by atoms with van der Waals surface area (Å²) in [5, 5.41) is 13.1. The molecule has 0 unspecified atom stereocenters. The van der Waals surface area contributed by atoms with Gasteiger partial charge in [0.2, 0.25) is 17.7 Å². The standard InChI is InChI=1S/C29H27F3N4O4.C24H28N2O2/c1-18-24(34-26(40-18)20-5-3-2-4-6-20)12-14-39-23-9-7-19(8-10-23)15-22-16-21(27(37)38)17-36(22)28-33-13-11-25(35-28)29(30,31)32;1-17-14-21(25-16-17)15-19-8-10-22(11-9-19)27-13-12-23-18(2)28-24(26-23)20-6-4-3-5-7-20/h2-11,13,21-22H,12,14-17H2,1H3,(H,37,38);3-11,17,21,25H,12-16H2,1-2H3/t21-,22+;17-,21-/m00/s1. The molecule has 2 saturated heterocycles. The summed E-state index contributed by atoms with van der Waals surface area (Å²) in [6, 6.07) is 36.5. The number of aliphatic carboxylic acids is 1. The molecule has 12 nitrogen and oxygen atoms in total. The highest BCUT2D eigenvalue weighted by atomic mass is 19.4. The zero-order chi connectivity index (χ0) is 47.6. The Kier molecular flexibility index (Phi) is 15.2. The Hall–Kier alpha value is -7.00. The van der Waals surface area contributed by atoms with E-state index in [1.807, 2.05) is 98.8 Å². The Morgan fingerprint density at radius 2 is 1.26 bits per heavy atom. The molecule has 2 N–H and O–H groups in total. The molecule has 4 aromatic carbocycles. The molecule has 3 aromatic heterocycles. The molecule has 2 aliphatic heterocycles. The summed E-state index contributed by atoms with van der Waals surface area (Å²) < 4.78 is 63.0. The van der Waals surface area contributed by atoms with Gasteiger partial charge in [0.15, 0.2) is 0 Å². The fraction of sp³-hybridized carbons (Fsp3) is 0.340. The zero-order valence-electron chi connectivity index (χ0n) is 38.3. The van der Waals surface area contributed by atoms with Gasteiger partial charge < -0.3 is 33.6 Å². The van der Waals surface area contributed by atoms with Crippen LogP contribution in [0.5, 0.6) is 11.5 Å². The van der Waals surface area contributed by atoms with Crippen molar-refractivity contribution >= 4 is 11.9 Å². The Morgan fingerprint density at radius 3 is 1.75 bits per heavy atom. The Labute approximate surface area is 393 Å². The first-order chi connectivity index (χ1) is 32.8. The number of aryl methyl sites for hydroxylation is 2. The van der Waals surface area contributed by atoms with Crippen LogP contribution in [0.15, 0.2) is 130 Å². The lowest BCUT2D eigenvalue weighted by atomic mass is 10.00. The van der Waals surface area contributed by atoms with Gasteiger partial charge in [-0.3, -0.25) is 4.79 Å². The van der Waals surface area contributed by atoms with Crippen LogP contribution in [0.1, 0.15) is 59.5 Å². The number of carbonyl (C=O) groups is 1. The Balaban J connectivity index is 0.000000196. The van der Waals surface area contributed by atoms with Crippen LogP contribution in [-0.2, 0) is 36.7 Å². The fourth-order valence-electron chi connectivity index (χ4n) is 8.61. The maximum atomic E-state index is 13.2. The van der Waals surface area contributed by atoms with Crippen molar-refractivity contribution in [2.24, 2.45) is 11.8 Å². The van der Waals surface area contributed by atoms with Crippen molar-refractivity contribution in [2.45, 2.75) is 77.6 Å². The van der Waals surface area contributed by atoms with E-state index < -0.39 is 23.8 Å². The summed E-state index contributed by atoms with van der Waals surface area (Å²) in [4.78, 5) is 30.1. The zero-order valence-corrected chi connectivity index (χ0v) is 38.3. The molecule has 0 saturated carbocycles. The first-order valence-electron chi connectivity index (χ1n) is 22.9. The number of benzene rings is 4. The van der Waals surface area contributed by atoms with Gasteiger partial charge in [0, 0.05) is 48.8 Å². The van der Waals surface area contributed by atoms with Crippen molar-refractivity contribution in [3.63, 3.8) is 0 Å². The number of nitrogens with zero attached hydrogens (tertiary/aromatic N) is 5. The number of nitrogens with one attached hydrogen (secondary N) is 1. The number of rotatable bonds is 16. The summed E-state index contributed by atoms with van der Waals surface area (Å²) in [6.07, 6.45) is 0.768. The second-order valence-electron chi connectivity index (χ2n) is 17.4. The maximum Gasteiger partial charge on any atom is 0.433 e. The molecule has 7 aromatic rings. The largest absolute Gasteiger partial charge is 0.493 e. The molecule has 4 atom stereocenters. The predicted molar refractivity (Wildman–Crippen MR) is 252 cm³/mol. The van der Waals surface area contributed by atoms with Crippen molar-refractivity contribution in [3.05, 3.63) is 161 Å². The van der Waals surface area contributed by atoms with Gasteiger partial charge in [-0.15, -0.1) is 0 Å². The molecule has 15 heteroatoms.